The molecule has 3 rings (SSSR count). The standard InChI is InChI=1S/C17H20ClN3O3S3/c1-3-10-21(17-19-12-6-4-5-7-13(12)25-17)15(22)11-20(2)27(23,24)16-9-8-14(18)26-16/h3,8-9H,1,4-7,10-11H2,2H3. The fraction of sp³-hybridized carbons (Fsp3) is 0.412. The molecular formula is C17H20ClN3O3S3. The quantitative estimate of drug-likeness (QED) is 0.611. The van der Waals surface area contributed by atoms with Gasteiger partial charge in [0.25, 0.3) is 10.0 Å². The van der Waals surface area contributed by atoms with Crippen molar-refractivity contribution in [3.63, 3.8) is 0 Å². The van der Waals surface area contributed by atoms with Crippen molar-refractivity contribution in [3.05, 3.63) is 39.7 Å². The number of aryl methyl sites for hydroxylation is 2. The van der Waals surface area contributed by atoms with Crippen LogP contribution >= 0.6 is 34.3 Å². The molecule has 2 aromatic rings. The van der Waals surface area contributed by atoms with Crippen molar-refractivity contribution in [3.8, 4) is 0 Å². The van der Waals surface area contributed by atoms with Crippen molar-refractivity contribution >= 4 is 55.3 Å². The average Bonchev–Trinajstić information content (AvgIpc) is 3.25. The number of thiophene rings is 1. The SMILES string of the molecule is C=CCN(C(=O)CN(C)S(=O)(=O)c1ccc(Cl)s1)c1nc2c(s1)CCCC2. The number of amides is 1. The highest BCUT2D eigenvalue weighted by molar-refractivity contribution is 7.91. The van der Waals surface area contributed by atoms with Crippen LogP contribution in [0.5, 0.6) is 0 Å². The van der Waals surface area contributed by atoms with Crippen LogP contribution in [0.25, 0.3) is 0 Å². The van der Waals surface area contributed by atoms with Crippen molar-refractivity contribution in [2.24, 2.45) is 0 Å². The molecule has 0 spiro atoms. The van der Waals surface area contributed by atoms with Crippen molar-refractivity contribution in [1.29, 1.82) is 0 Å². The summed E-state index contributed by atoms with van der Waals surface area (Å²) in [5.74, 6) is -0.338. The van der Waals surface area contributed by atoms with E-state index < -0.39 is 10.0 Å². The molecule has 0 N–H and O–H groups in total. The molecule has 0 fully saturated rings. The Balaban J connectivity index is 1.79. The van der Waals surface area contributed by atoms with E-state index in [0.717, 1.165) is 47.0 Å². The zero-order valence-electron chi connectivity index (χ0n) is 14.9. The molecule has 10 heteroatoms. The molecule has 0 aliphatic heterocycles. The van der Waals surface area contributed by atoms with Gasteiger partial charge in [-0.2, -0.15) is 4.31 Å². The average molecular weight is 446 g/mol. The van der Waals surface area contributed by atoms with Gasteiger partial charge in [-0.3, -0.25) is 9.69 Å². The summed E-state index contributed by atoms with van der Waals surface area (Å²) < 4.78 is 26.8. The van der Waals surface area contributed by atoms with Crippen LogP contribution in [0.4, 0.5) is 5.13 Å². The van der Waals surface area contributed by atoms with Gasteiger partial charge >= 0.3 is 0 Å². The zero-order chi connectivity index (χ0) is 19.6. The van der Waals surface area contributed by atoms with E-state index in [9.17, 15) is 13.2 Å². The predicted molar refractivity (Wildman–Crippen MR) is 110 cm³/mol. The Morgan fingerprint density at radius 2 is 2.07 bits per heavy atom. The number of fused-ring (bicyclic) bond motifs is 1. The minimum absolute atomic E-state index is 0.114. The van der Waals surface area contributed by atoms with Crippen LogP contribution in [0.15, 0.2) is 29.0 Å². The van der Waals surface area contributed by atoms with Crippen molar-refractivity contribution < 1.29 is 13.2 Å². The second-order valence-electron chi connectivity index (χ2n) is 6.19. The van der Waals surface area contributed by atoms with E-state index >= 15 is 0 Å². The Labute approximate surface area is 172 Å². The molecule has 6 nitrogen and oxygen atoms in total. The fourth-order valence-electron chi connectivity index (χ4n) is 2.82. The normalized spacial score (nSPS) is 14.2. The molecule has 0 saturated heterocycles. The molecule has 0 unspecified atom stereocenters. The number of likely N-dealkylation sites (N-methyl/N-ethyl adjacent to an activating group) is 1. The number of aromatic nitrogens is 1. The van der Waals surface area contributed by atoms with E-state index in [4.69, 9.17) is 11.6 Å². The lowest BCUT2D eigenvalue weighted by Gasteiger charge is -2.22. The molecule has 1 aliphatic rings. The number of hydrogen-bond donors (Lipinski definition) is 0. The van der Waals surface area contributed by atoms with Gasteiger partial charge in [-0.15, -0.1) is 29.3 Å². The molecule has 0 aromatic carbocycles. The van der Waals surface area contributed by atoms with Crippen LogP contribution in [0.1, 0.15) is 23.4 Å². The molecular weight excluding hydrogens is 426 g/mol. The Bertz CT molecular complexity index is 928. The topological polar surface area (TPSA) is 70.6 Å². The van der Waals surface area contributed by atoms with Gasteiger partial charge in [-0.1, -0.05) is 17.7 Å². The molecule has 146 valence electrons. The molecule has 0 atom stereocenters. The van der Waals surface area contributed by atoms with E-state index in [1.165, 1.54) is 40.3 Å². The van der Waals surface area contributed by atoms with Gasteiger partial charge in [0.2, 0.25) is 5.91 Å². The number of halogens is 1. The van der Waals surface area contributed by atoms with Gasteiger partial charge in [-0.05, 0) is 37.8 Å². The van der Waals surface area contributed by atoms with Crippen molar-refractivity contribution in [1.82, 2.24) is 9.29 Å². The summed E-state index contributed by atoms with van der Waals surface area (Å²) >= 11 is 8.32. The van der Waals surface area contributed by atoms with E-state index in [1.807, 2.05) is 0 Å². The first-order valence-electron chi connectivity index (χ1n) is 8.44. The summed E-state index contributed by atoms with van der Waals surface area (Å²) in [7, 11) is -2.38. The minimum Gasteiger partial charge on any atom is -0.283 e. The van der Waals surface area contributed by atoms with Crippen LogP contribution in [0, 0.1) is 0 Å². The Hall–Kier alpha value is -1.26. The first kappa shape index (κ1) is 20.5. The Kier molecular flexibility index (Phi) is 6.37. The lowest BCUT2D eigenvalue weighted by Crippen LogP contribution is -2.41. The Morgan fingerprint density at radius 1 is 1.33 bits per heavy atom. The van der Waals surface area contributed by atoms with Gasteiger partial charge in [0.1, 0.15) is 4.21 Å². The van der Waals surface area contributed by atoms with Crippen LogP contribution in [-0.2, 0) is 27.7 Å². The minimum atomic E-state index is -3.77. The Morgan fingerprint density at radius 3 is 2.70 bits per heavy atom. The molecule has 0 saturated carbocycles. The van der Waals surface area contributed by atoms with Gasteiger partial charge in [0, 0.05) is 18.5 Å². The highest BCUT2D eigenvalue weighted by atomic mass is 35.5. The maximum atomic E-state index is 12.9. The van der Waals surface area contributed by atoms with E-state index in [-0.39, 0.29) is 23.2 Å². The predicted octanol–water partition coefficient (Wildman–Crippen LogP) is 3.58. The molecule has 27 heavy (non-hydrogen) atoms. The maximum absolute atomic E-state index is 12.9. The van der Waals surface area contributed by atoms with Crippen LogP contribution < -0.4 is 4.90 Å². The summed E-state index contributed by atoms with van der Waals surface area (Å²) in [6.07, 6.45) is 5.77. The highest BCUT2D eigenvalue weighted by Crippen LogP contribution is 2.32. The first-order valence-corrected chi connectivity index (χ1v) is 11.9. The number of sulfonamides is 1. The third-order valence-electron chi connectivity index (χ3n) is 4.25. The number of rotatable bonds is 7. The number of carbonyl (C=O) groups is 1. The number of anilines is 1. The molecule has 2 heterocycles. The van der Waals surface area contributed by atoms with Crippen LogP contribution in [-0.4, -0.2) is 43.8 Å². The summed E-state index contributed by atoms with van der Waals surface area (Å²) in [5.41, 5.74) is 1.05. The second kappa shape index (κ2) is 8.40. The zero-order valence-corrected chi connectivity index (χ0v) is 18.1. The van der Waals surface area contributed by atoms with E-state index in [0.29, 0.717) is 9.47 Å². The van der Waals surface area contributed by atoms with Gasteiger partial charge < -0.3 is 0 Å². The first-order chi connectivity index (χ1) is 12.8. The van der Waals surface area contributed by atoms with Crippen molar-refractivity contribution in [2.45, 2.75) is 29.9 Å². The van der Waals surface area contributed by atoms with Gasteiger partial charge in [0.15, 0.2) is 5.13 Å². The third-order valence-corrected chi connectivity index (χ3v) is 8.93. The number of nitrogens with zero attached hydrogens (tertiary/aromatic N) is 3. The lowest BCUT2D eigenvalue weighted by molar-refractivity contribution is -0.118. The molecule has 2 aromatic heterocycles. The third kappa shape index (κ3) is 4.43. The highest BCUT2D eigenvalue weighted by Gasteiger charge is 2.28. The van der Waals surface area contributed by atoms with E-state index in [1.54, 1.807) is 6.08 Å². The molecule has 1 amide bonds. The number of carbonyl (C=O) groups excluding carboxylic acids is 1. The largest absolute Gasteiger partial charge is 0.283 e. The molecule has 1 aliphatic carbocycles. The molecule has 0 bridgehead atoms. The van der Waals surface area contributed by atoms with E-state index in [2.05, 4.69) is 11.6 Å². The number of thiazole rings is 1. The second-order valence-corrected chi connectivity index (χ2v) is 11.2. The van der Waals surface area contributed by atoms with Crippen LogP contribution in [0.2, 0.25) is 4.34 Å². The summed E-state index contributed by atoms with van der Waals surface area (Å²) in [6, 6.07) is 2.97. The number of hydrogen-bond acceptors (Lipinski definition) is 6. The monoisotopic (exact) mass is 445 g/mol. The van der Waals surface area contributed by atoms with Gasteiger partial charge in [-0.25, -0.2) is 13.4 Å². The van der Waals surface area contributed by atoms with Crippen molar-refractivity contribution in [2.75, 3.05) is 25.0 Å². The lowest BCUT2D eigenvalue weighted by atomic mass is 10.0. The molecule has 0 radical (unpaired) electrons. The fourth-order valence-corrected chi connectivity index (χ4v) is 6.81. The summed E-state index contributed by atoms with van der Waals surface area (Å²) in [4.78, 5) is 20.2. The smallest absolute Gasteiger partial charge is 0.252 e. The summed E-state index contributed by atoms with van der Waals surface area (Å²) in [6.45, 7) is 3.71. The summed E-state index contributed by atoms with van der Waals surface area (Å²) in [5, 5.41) is 0.608. The van der Waals surface area contributed by atoms with Gasteiger partial charge in [0.05, 0.1) is 16.6 Å². The van der Waals surface area contributed by atoms with Crippen LogP contribution in [0.3, 0.4) is 0 Å². The maximum Gasteiger partial charge on any atom is 0.252 e.